The van der Waals surface area contributed by atoms with Crippen LogP contribution in [-0.4, -0.2) is 34.9 Å². The Morgan fingerprint density at radius 1 is 1.23 bits per heavy atom. The average Bonchev–Trinajstić information content (AvgIpc) is 3.16. The number of rotatable bonds is 7. The Balaban J connectivity index is 0.00000160. The maximum absolute atomic E-state index is 12.4. The van der Waals surface area contributed by atoms with E-state index in [9.17, 15) is 4.79 Å². The molecule has 1 unspecified atom stereocenters. The Kier molecular flexibility index (Phi) is 9.43. The standard InChI is InChI=1S/C22H26N4O2.2ClH/c27-22(24-11-9-17-5-4-10-23-14-17)18-6-3-7-20(13-18)28-16-19-15-26-12-2-1-8-21(26)25-19;;/h1-3,6-8,12-13,15,17,23H,4-5,9-11,14,16H2,(H,24,27);2*1H. The van der Waals surface area contributed by atoms with Crippen molar-refractivity contribution in [3.8, 4) is 5.75 Å². The minimum Gasteiger partial charge on any atom is -0.487 e. The number of aromatic nitrogens is 2. The van der Waals surface area contributed by atoms with Crippen molar-refractivity contribution in [1.29, 1.82) is 0 Å². The molecule has 30 heavy (non-hydrogen) atoms. The first-order chi connectivity index (χ1) is 13.8. The van der Waals surface area contributed by atoms with E-state index in [4.69, 9.17) is 4.74 Å². The number of hydrogen-bond acceptors (Lipinski definition) is 4. The first kappa shape index (κ1) is 24.0. The molecule has 1 aromatic carbocycles. The summed E-state index contributed by atoms with van der Waals surface area (Å²) in [5, 5.41) is 6.44. The fraction of sp³-hybridized carbons (Fsp3) is 0.364. The van der Waals surface area contributed by atoms with Crippen LogP contribution in [0.25, 0.3) is 5.65 Å². The second kappa shape index (κ2) is 11.8. The number of piperidine rings is 1. The summed E-state index contributed by atoms with van der Waals surface area (Å²) in [6, 6.07) is 13.2. The van der Waals surface area contributed by atoms with Crippen LogP contribution in [0.4, 0.5) is 0 Å². The lowest BCUT2D eigenvalue weighted by Crippen LogP contribution is -2.33. The van der Waals surface area contributed by atoms with E-state index < -0.39 is 0 Å². The van der Waals surface area contributed by atoms with E-state index in [0.717, 1.165) is 30.9 Å². The van der Waals surface area contributed by atoms with Gasteiger partial charge in [0.05, 0.1) is 5.69 Å². The molecule has 1 saturated heterocycles. The molecule has 6 nitrogen and oxygen atoms in total. The van der Waals surface area contributed by atoms with Gasteiger partial charge in [0.25, 0.3) is 5.91 Å². The predicted octanol–water partition coefficient (Wildman–Crippen LogP) is 3.88. The van der Waals surface area contributed by atoms with Crippen LogP contribution in [0.15, 0.2) is 54.9 Å². The van der Waals surface area contributed by atoms with Gasteiger partial charge in [0.2, 0.25) is 0 Å². The van der Waals surface area contributed by atoms with Gasteiger partial charge in [-0.3, -0.25) is 4.79 Å². The van der Waals surface area contributed by atoms with E-state index >= 15 is 0 Å². The fourth-order valence-corrected chi connectivity index (χ4v) is 3.60. The second-order valence-electron chi connectivity index (χ2n) is 7.27. The van der Waals surface area contributed by atoms with E-state index in [1.165, 1.54) is 12.8 Å². The largest absolute Gasteiger partial charge is 0.487 e. The third-order valence-corrected chi connectivity index (χ3v) is 5.13. The number of amides is 1. The molecule has 8 heteroatoms. The van der Waals surface area contributed by atoms with Crippen molar-refractivity contribution in [2.45, 2.75) is 25.9 Å². The maximum Gasteiger partial charge on any atom is 0.251 e. The second-order valence-corrected chi connectivity index (χ2v) is 7.27. The maximum atomic E-state index is 12.4. The number of pyridine rings is 1. The topological polar surface area (TPSA) is 67.7 Å². The molecule has 3 heterocycles. The highest BCUT2D eigenvalue weighted by Gasteiger charge is 2.13. The molecule has 1 amide bonds. The molecule has 1 fully saturated rings. The summed E-state index contributed by atoms with van der Waals surface area (Å²) < 4.78 is 7.81. The summed E-state index contributed by atoms with van der Waals surface area (Å²) in [4.78, 5) is 17.0. The Labute approximate surface area is 189 Å². The van der Waals surface area contributed by atoms with Crippen LogP contribution < -0.4 is 15.4 Å². The van der Waals surface area contributed by atoms with Gasteiger partial charge in [-0.05, 0) is 68.6 Å². The van der Waals surface area contributed by atoms with Crippen molar-refractivity contribution >= 4 is 36.4 Å². The number of nitrogens with zero attached hydrogens (tertiary/aromatic N) is 2. The fourth-order valence-electron chi connectivity index (χ4n) is 3.60. The number of imidazole rings is 1. The van der Waals surface area contributed by atoms with Gasteiger partial charge in [0.15, 0.2) is 0 Å². The SMILES string of the molecule is Cl.Cl.O=C(NCCC1CCCNC1)c1cccc(OCc2cn3ccccc3n2)c1. The summed E-state index contributed by atoms with van der Waals surface area (Å²) in [6.45, 7) is 3.24. The minimum atomic E-state index is -0.0538. The number of ether oxygens (including phenoxy) is 1. The van der Waals surface area contributed by atoms with Crippen molar-refractivity contribution in [1.82, 2.24) is 20.0 Å². The molecular formula is C22H28Cl2N4O2. The lowest BCUT2D eigenvalue weighted by molar-refractivity contribution is 0.0950. The lowest BCUT2D eigenvalue weighted by Gasteiger charge is -2.22. The number of halogens is 2. The van der Waals surface area contributed by atoms with E-state index in [-0.39, 0.29) is 30.7 Å². The van der Waals surface area contributed by atoms with Gasteiger partial charge in [-0.15, -0.1) is 24.8 Å². The molecular weight excluding hydrogens is 423 g/mol. The van der Waals surface area contributed by atoms with Crippen LogP contribution >= 0.6 is 24.8 Å². The quantitative estimate of drug-likeness (QED) is 0.572. The summed E-state index contributed by atoms with van der Waals surface area (Å²) >= 11 is 0. The van der Waals surface area contributed by atoms with Crippen molar-refractivity contribution in [2.24, 2.45) is 5.92 Å². The molecule has 2 N–H and O–H groups in total. The van der Waals surface area contributed by atoms with Gasteiger partial charge in [0, 0.05) is 24.5 Å². The highest BCUT2D eigenvalue weighted by molar-refractivity contribution is 5.94. The van der Waals surface area contributed by atoms with E-state index in [0.29, 0.717) is 30.4 Å². The summed E-state index contributed by atoms with van der Waals surface area (Å²) in [5.74, 6) is 1.28. The average molecular weight is 451 g/mol. The zero-order valence-electron chi connectivity index (χ0n) is 16.8. The van der Waals surface area contributed by atoms with Gasteiger partial charge in [-0.1, -0.05) is 12.1 Å². The number of nitrogens with one attached hydrogen (secondary N) is 2. The predicted molar refractivity (Wildman–Crippen MR) is 123 cm³/mol. The van der Waals surface area contributed by atoms with Crippen molar-refractivity contribution in [3.63, 3.8) is 0 Å². The van der Waals surface area contributed by atoms with Crippen LogP contribution in [0.5, 0.6) is 5.75 Å². The summed E-state index contributed by atoms with van der Waals surface area (Å²) in [5.41, 5.74) is 2.36. The molecule has 162 valence electrons. The lowest BCUT2D eigenvalue weighted by atomic mass is 9.96. The zero-order valence-corrected chi connectivity index (χ0v) is 18.4. The summed E-state index contributed by atoms with van der Waals surface area (Å²) in [6.07, 6.45) is 7.40. The molecule has 0 saturated carbocycles. The van der Waals surface area contributed by atoms with Crippen molar-refractivity contribution < 1.29 is 9.53 Å². The third kappa shape index (κ3) is 6.36. The van der Waals surface area contributed by atoms with E-state index in [1.54, 1.807) is 6.07 Å². The van der Waals surface area contributed by atoms with Crippen molar-refractivity contribution in [3.05, 3.63) is 66.1 Å². The van der Waals surface area contributed by atoms with E-state index in [2.05, 4.69) is 15.6 Å². The third-order valence-electron chi connectivity index (χ3n) is 5.13. The zero-order chi connectivity index (χ0) is 19.2. The van der Waals surface area contributed by atoms with Crippen LogP contribution in [0.3, 0.4) is 0 Å². The highest BCUT2D eigenvalue weighted by Crippen LogP contribution is 2.16. The van der Waals surface area contributed by atoms with Crippen LogP contribution in [-0.2, 0) is 6.61 Å². The Morgan fingerprint density at radius 2 is 2.13 bits per heavy atom. The van der Waals surface area contributed by atoms with Crippen molar-refractivity contribution in [2.75, 3.05) is 19.6 Å². The van der Waals surface area contributed by atoms with Gasteiger partial charge < -0.3 is 19.8 Å². The number of carbonyl (C=O) groups is 1. The molecule has 0 radical (unpaired) electrons. The number of carbonyl (C=O) groups excluding carboxylic acids is 1. The van der Waals surface area contributed by atoms with Crippen LogP contribution in [0.2, 0.25) is 0 Å². The van der Waals surface area contributed by atoms with Gasteiger partial charge in [0.1, 0.15) is 18.0 Å². The molecule has 4 rings (SSSR count). The molecule has 1 aliphatic rings. The van der Waals surface area contributed by atoms with Gasteiger partial charge in [-0.2, -0.15) is 0 Å². The summed E-state index contributed by atoms with van der Waals surface area (Å²) in [7, 11) is 0. The molecule has 0 aliphatic carbocycles. The molecule has 2 aromatic heterocycles. The molecule has 0 bridgehead atoms. The molecule has 1 atom stereocenters. The smallest absolute Gasteiger partial charge is 0.251 e. The monoisotopic (exact) mass is 450 g/mol. The number of benzene rings is 1. The minimum absolute atomic E-state index is 0. The molecule has 3 aromatic rings. The molecule has 1 aliphatic heterocycles. The van der Waals surface area contributed by atoms with Gasteiger partial charge >= 0.3 is 0 Å². The van der Waals surface area contributed by atoms with Crippen LogP contribution in [0.1, 0.15) is 35.3 Å². The Bertz CT molecular complexity index is 909. The number of hydrogen-bond donors (Lipinski definition) is 2. The Morgan fingerprint density at radius 3 is 2.93 bits per heavy atom. The van der Waals surface area contributed by atoms with Gasteiger partial charge in [-0.25, -0.2) is 4.98 Å². The Hall–Kier alpha value is -2.28. The molecule has 0 spiro atoms. The first-order valence-electron chi connectivity index (χ1n) is 9.92. The number of fused-ring (bicyclic) bond motifs is 1. The normalized spacial score (nSPS) is 15.7. The first-order valence-corrected chi connectivity index (χ1v) is 9.92. The van der Waals surface area contributed by atoms with Crippen LogP contribution in [0, 0.1) is 5.92 Å². The highest BCUT2D eigenvalue weighted by atomic mass is 35.5. The van der Waals surface area contributed by atoms with E-state index in [1.807, 2.05) is 53.2 Å².